The summed E-state index contributed by atoms with van der Waals surface area (Å²) < 4.78 is 44.6. The van der Waals surface area contributed by atoms with Crippen molar-refractivity contribution in [1.29, 1.82) is 0 Å². The zero-order valence-electron chi connectivity index (χ0n) is 26.1. The molecule has 42 heavy (non-hydrogen) atoms. The van der Waals surface area contributed by atoms with E-state index in [0.717, 1.165) is 11.4 Å². The van der Waals surface area contributed by atoms with E-state index in [-0.39, 0.29) is 4.75 Å². The van der Waals surface area contributed by atoms with Crippen molar-refractivity contribution in [3.8, 4) is 11.4 Å². The van der Waals surface area contributed by atoms with Crippen LogP contribution in [0, 0.1) is 0 Å². The summed E-state index contributed by atoms with van der Waals surface area (Å²) in [5, 5.41) is 0. The van der Waals surface area contributed by atoms with Crippen LogP contribution in [-0.2, 0) is 12.6 Å². The zero-order valence-corrected chi connectivity index (χ0v) is 28.1. The van der Waals surface area contributed by atoms with E-state index in [0.29, 0.717) is 30.1 Å². The molecule has 0 saturated carbocycles. The molecule has 0 spiro atoms. The fourth-order valence-electron chi connectivity index (χ4n) is 5.81. The molecule has 0 bridgehead atoms. The Balaban J connectivity index is 2.00. The van der Waals surface area contributed by atoms with Gasteiger partial charge in [-0.3, -0.25) is 0 Å². The Morgan fingerprint density at radius 1 is 0.690 bits per heavy atom. The molecule has 0 N–H and O–H groups in total. The zero-order chi connectivity index (χ0) is 30.9. The number of aromatic nitrogens is 2. The van der Waals surface area contributed by atoms with Gasteiger partial charge in [-0.15, -0.1) is 0 Å². The number of hydrogen-bond acceptors (Lipinski definition) is 0. The van der Waals surface area contributed by atoms with Gasteiger partial charge in [-0.05, 0) is 0 Å². The molecule has 0 saturated heterocycles. The quantitative estimate of drug-likeness (QED) is 0.128. The van der Waals surface area contributed by atoms with E-state index in [2.05, 4.69) is 130 Å². The molecule has 0 aliphatic carbocycles. The fraction of sp³-hybridized carbons (Fsp3) is 0.417. The summed E-state index contributed by atoms with van der Waals surface area (Å²) in [6.07, 6.45) is 0.680. The molecular formula is C36H43F3GeN2+. The molecule has 4 rings (SSSR count). The van der Waals surface area contributed by atoms with Crippen LogP contribution in [0.5, 0.6) is 0 Å². The summed E-state index contributed by atoms with van der Waals surface area (Å²) in [4.78, 5) is 0. The van der Waals surface area contributed by atoms with E-state index in [1.54, 1.807) is 12.1 Å². The van der Waals surface area contributed by atoms with Gasteiger partial charge in [0.15, 0.2) is 0 Å². The number of hydrogen-bond donors (Lipinski definition) is 0. The van der Waals surface area contributed by atoms with Gasteiger partial charge in [0.1, 0.15) is 0 Å². The van der Waals surface area contributed by atoms with Crippen molar-refractivity contribution in [2.24, 2.45) is 0 Å². The Kier molecular flexibility index (Phi) is 9.81. The van der Waals surface area contributed by atoms with Crippen molar-refractivity contribution in [3.05, 3.63) is 112 Å². The molecular weight excluding hydrogens is 590 g/mol. The number of nitrogens with zero attached hydrogens (tertiary/aromatic N) is 2. The van der Waals surface area contributed by atoms with E-state index in [4.69, 9.17) is 0 Å². The van der Waals surface area contributed by atoms with Crippen molar-refractivity contribution in [1.82, 2.24) is 4.57 Å². The first kappa shape index (κ1) is 32.1. The van der Waals surface area contributed by atoms with Crippen LogP contribution in [0.4, 0.5) is 13.2 Å². The number of imidazole rings is 1. The minimum atomic E-state index is -4.35. The van der Waals surface area contributed by atoms with E-state index in [9.17, 15) is 13.2 Å². The summed E-state index contributed by atoms with van der Waals surface area (Å²) in [5.74, 6) is 2.41. The number of rotatable bonds is 9. The average Bonchev–Trinajstić information content (AvgIpc) is 3.33. The van der Waals surface area contributed by atoms with Gasteiger partial charge in [-0.25, -0.2) is 0 Å². The van der Waals surface area contributed by atoms with Crippen LogP contribution in [-0.4, -0.2) is 21.1 Å². The second kappa shape index (κ2) is 12.8. The molecule has 2 nitrogen and oxygen atoms in total. The molecule has 0 aliphatic heterocycles. The normalized spacial score (nSPS) is 13.1. The van der Waals surface area contributed by atoms with Gasteiger partial charge < -0.3 is 0 Å². The van der Waals surface area contributed by atoms with E-state index < -0.39 is 11.7 Å². The van der Waals surface area contributed by atoms with Crippen molar-refractivity contribution in [2.75, 3.05) is 0 Å². The predicted molar refractivity (Wildman–Crippen MR) is 167 cm³/mol. The molecule has 3 radical (unpaired) electrons. The molecule has 0 fully saturated rings. The van der Waals surface area contributed by atoms with Crippen LogP contribution >= 0.6 is 0 Å². The Labute approximate surface area is 258 Å². The Morgan fingerprint density at radius 3 is 1.57 bits per heavy atom. The maximum absolute atomic E-state index is 13.3. The van der Waals surface area contributed by atoms with Crippen LogP contribution < -0.4 is 4.57 Å². The summed E-state index contributed by atoms with van der Waals surface area (Å²) >= 11 is 2.11. The predicted octanol–water partition coefficient (Wildman–Crippen LogP) is 9.72. The second-order valence-corrected chi connectivity index (χ2v) is 14.0. The molecule has 1 aromatic heterocycles. The van der Waals surface area contributed by atoms with Crippen LogP contribution in [0.3, 0.4) is 0 Å². The van der Waals surface area contributed by atoms with Gasteiger partial charge in [0.05, 0.1) is 0 Å². The van der Waals surface area contributed by atoms with Gasteiger partial charge in [-0.2, -0.15) is 0 Å². The molecule has 3 aromatic carbocycles. The van der Waals surface area contributed by atoms with E-state index in [1.165, 1.54) is 45.8 Å². The number of alkyl halides is 3. The molecule has 1 unspecified atom stereocenters. The van der Waals surface area contributed by atoms with Crippen LogP contribution in [0.2, 0.25) is 0 Å². The Hall–Kier alpha value is -2.80. The first-order chi connectivity index (χ1) is 19.7. The van der Waals surface area contributed by atoms with Crippen LogP contribution in [0.1, 0.15) is 123 Å². The third-order valence-corrected chi connectivity index (χ3v) is 9.24. The molecule has 1 heterocycles. The van der Waals surface area contributed by atoms with Gasteiger partial charge >= 0.3 is 259 Å². The first-order valence-electron chi connectivity index (χ1n) is 15.0. The standard InChI is InChI=1S/C36H43F3GeN2/c1-22(2)28-11-9-12-29(23(3)4)34(28)41-19-20-42(35-30(24(5)6)13-10-14-31(35)25(7)8)33(41)21-32(40)26-15-17-27(18-16-26)36(37,38)39/h9-20,22-25,32H,21H2,1-8H3/q+1. The third kappa shape index (κ3) is 6.56. The molecule has 1 atom stereocenters. The number of halogens is 3. The van der Waals surface area contributed by atoms with Crippen molar-refractivity contribution >= 4 is 16.5 Å². The Bertz CT molecular complexity index is 1380. The summed E-state index contributed by atoms with van der Waals surface area (Å²) in [6, 6.07) is 18.9. The summed E-state index contributed by atoms with van der Waals surface area (Å²) in [7, 11) is 0. The Morgan fingerprint density at radius 2 is 1.14 bits per heavy atom. The average molecular weight is 633 g/mol. The molecule has 0 aliphatic rings. The number of para-hydroxylation sites is 2. The molecule has 4 aromatic rings. The number of benzene rings is 3. The van der Waals surface area contributed by atoms with Crippen molar-refractivity contribution < 1.29 is 17.7 Å². The van der Waals surface area contributed by atoms with Gasteiger partial charge in [0, 0.05) is 0 Å². The topological polar surface area (TPSA) is 8.81 Å². The minimum absolute atomic E-state index is 0.00499. The van der Waals surface area contributed by atoms with Crippen molar-refractivity contribution in [2.45, 2.75) is 96.4 Å². The third-order valence-electron chi connectivity index (χ3n) is 8.11. The molecule has 6 heteroatoms. The molecule has 221 valence electrons. The van der Waals surface area contributed by atoms with Gasteiger partial charge in [-0.1, -0.05) is 0 Å². The van der Waals surface area contributed by atoms with E-state index in [1.807, 2.05) is 0 Å². The van der Waals surface area contributed by atoms with Gasteiger partial charge in [0.2, 0.25) is 0 Å². The fourth-order valence-corrected chi connectivity index (χ4v) is 6.60. The summed E-state index contributed by atoms with van der Waals surface area (Å²) in [6.45, 7) is 17.9. The first-order valence-corrected chi connectivity index (χ1v) is 16.2. The van der Waals surface area contributed by atoms with Crippen LogP contribution in [0.25, 0.3) is 11.4 Å². The molecule has 0 amide bonds. The SMILES string of the molecule is CC(C)c1cccc(C(C)C)c1-n1cc[n+](-c2c(C(C)C)cccc2C(C)C)c1C[CH]([Ge])c1ccc(C(F)(F)F)cc1. The van der Waals surface area contributed by atoms with Gasteiger partial charge in [0.25, 0.3) is 0 Å². The van der Waals surface area contributed by atoms with E-state index >= 15 is 0 Å². The van der Waals surface area contributed by atoms with Crippen molar-refractivity contribution in [3.63, 3.8) is 0 Å². The van der Waals surface area contributed by atoms with Crippen LogP contribution in [0.15, 0.2) is 73.1 Å². The summed E-state index contributed by atoms with van der Waals surface area (Å²) in [5.41, 5.74) is 7.85. The monoisotopic (exact) mass is 634 g/mol. The second-order valence-electron chi connectivity index (χ2n) is 12.5. The maximum atomic E-state index is 13.3.